The fraction of sp³-hybridized carbons (Fsp3) is 0.533. The molecular formula is C15H21FN2O. The molecule has 2 atom stereocenters. The smallest absolute Gasteiger partial charge is 0.227 e. The standard InChI is InChI=1S/C15H21FN2O/c1-10-6-12(16)8-13(7-10)18-15(19)14-5-3-2-4-11(14)9-17/h6-8,11,14H,2-5,9,17H2,1H3,(H,18,19). The Morgan fingerprint density at radius 2 is 2.11 bits per heavy atom. The van der Waals surface area contributed by atoms with E-state index in [4.69, 9.17) is 5.73 Å². The molecule has 3 N–H and O–H groups in total. The molecule has 104 valence electrons. The summed E-state index contributed by atoms with van der Waals surface area (Å²) in [6, 6.07) is 4.57. The molecule has 1 saturated carbocycles. The average Bonchev–Trinajstić information content (AvgIpc) is 2.37. The van der Waals surface area contributed by atoms with E-state index in [-0.39, 0.29) is 23.6 Å². The third-order valence-electron chi connectivity index (χ3n) is 3.86. The molecule has 3 nitrogen and oxygen atoms in total. The molecule has 2 rings (SSSR count). The van der Waals surface area contributed by atoms with Gasteiger partial charge in [0.15, 0.2) is 0 Å². The average molecular weight is 264 g/mol. The van der Waals surface area contributed by atoms with Crippen LogP contribution < -0.4 is 11.1 Å². The van der Waals surface area contributed by atoms with Gasteiger partial charge in [-0.2, -0.15) is 0 Å². The van der Waals surface area contributed by atoms with Crippen molar-refractivity contribution in [1.29, 1.82) is 0 Å². The third kappa shape index (κ3) is 3.53. The number of amides is 1. The van der Waals surface area contributed by atoms with E-state index in [9.17, 15) is 9.18 Å². The van der Waals surface area contributed by atoms with Gasteiger partial charge in [-0.3, -0.25) is 4.79 Å². The molecule has 4 heteroatoms. The van der Waals surface area contributed by atoms with Crippen molar-refractivity contribution in [2.24, 2.45) is 17.6 Å². The Hall–Kier alpha value is -1.42. The van der Waals surface area contributed by atoms with Crippen molar-refractivity contribution in [2.45, 2.75) is 32.6 Å². The van der Waals surface area contributed by atoms with Crippen molar-refractivity contribution >= 4 is 11.6 Å². The molecule has 0 spiro atoms. The number of anilines is 1. The van der Waals surface area contributed by atoms with Gasteiger partial charge in [0, 0.05) is 11.6 Å². The van der Waals surface area contributed by atoms with Crippen LogP contribution in [0.2, 0.25) is 0 Å². The van der Waals surface area contributed by atoms with Crippen molar-refractivity contribution in [3.8, 4) is 0 Å². The molecular weight excluding hydrogens is 243 g/mol. The summed E-state index contributed by atoms with van der Waals surface area (Å²) in [5.74, 6) is -0.139. The Labute approximate surface area is 113 Å². The molecule has 1 aromatic carbocycles. The maximum Gasteiger partial charge on any atom is 0.227 e. The van der Waals surface area contributed by atoms with Gasteiger partial charge in [0.05, 0.1) is 0 Å². The highest BCUT2D eigenvalue weighted by molar-refractivity contribution is 5.92. The van der Waals surface area contributed by atoms with Crippen LogP contribution in [-0.2, 0) is 4.79 Å². The normalized spacial score (nSPS) is 23.1. The number of carbonyl (C=O) groups is 1. The number of nitrogens with one attached hydrogen (secondary N) is 1. The number of nitrogens with two attached hydrogens (primary N) is 1. The first-order chi connectivity index (χ1) is 9.10. The summed E-state index contributed by atoms with van der Waals surface area (Å²) in [6.45, 7) is 2.35. The van der Waals surface area contributed by atoms with E-state index in [2.05, 4.69) is 5.32 Å². The number of benzene rings is 1. The monoisotopic (exact) mass is 264 g/mol. The quantitative estimate of drug-likeness (QED) is 0.882. The van der Waals surface area contributed by atoms with E-state index in [0.29, 0.717) is 12.2 Å². The molecule has 1 aliphatic carbocycles. The molecule has 0 saturated heterocycles. The van der Waals surface area contributed by atoms with E-state index < -0.39 is 0 Å². The van der Waals surface area contributed by atoms with Gasteiger partial charge in [0.25, 0.3) is 0 Å². The van der Waals surface area contributed by atoms with E-state index in [1.54, 1.807) is 6.07 Å². The number of aryl methyl sites for hydroxylation is 1. The Morgan fingerprint density at radius 3 is 2.79 bits per heavy atom. The van der Waals surface area contributed by atoms with Gasteiger partial charge in [0.2, 0.25) is 5.91 Å². The highest BCUT2D eigenvalue weighted by Gasteiger charge is 2.29. The van der Waals surface area contributed by atoms with Crippen molar-refractivity contribution in [3.63, 3.8) is 0 Å². The molecule has 1 aromatic rings. The summed E-state index contributed by atoms with van der Waals surface area (Å²) in [6.07, 6.45) is 4.10. The lowest BCUT2D eigenvalue weighted by Crippen LogP contribution is -2.35. The summed E-state index contributed by atoms with van der Waals surface area (Å²) >= 11 is 0. The highest BCUT2D eigenvalue weighted by Crippen LogP contribution is 2.30. The first-order valence-corrected chi connectivity index (χ1v) is 6.88. The van der Waals surface area contributed by atoms with Crippen molar-refractivity contribution in [3.05, 3.63) is 29.6 Å². The number of halogens is 1. The van der Waals surface area contributed by atoms with Crippen molar-refractivity contribution < 1.29 is 9.18 Å². The maximum absolute atomic E-state index is 13.3. The molecule has 0 aromatic heterocycles. The minimum absolute atomic E-state index is 0.0276. The fourth-order valence-electron chi connectivity index (χ4n) is 2.88. The Morgan fingerprint density at radius 1 is 1.37 bits per heavy atom. The predicted molar refractivity (Wildman–Crippen MR) is 74.3 cm³/mol. The summed E-state index contributed by atoms with van der Waals surface area (Å²) in [4.78, 5) is 12.3. The SMILES string of the molecule is Cc1cc(F)cc(NC(=O)C2CCCCC2CN)c1. The maximum atomic E-state index is 13.3. The predicted octanol–water partition coefficient (Wildman–Crippen LogP) is 2.84. The summed E-state index contributed by atoms with van der Waals surface area (Å²) < 4.78 is 13.3. The Kier molecular flexibility index (Phi) is 4.53. The number of hydrogen-bond acceptors (Lipinski definition) is 2. The number of rotatable bonds is 3. The minimum atomic E-state index is -0.325. The van der Waals surface area contributed by atoms with E-state index in [1.165, 1.54) is 12.1 Å². The van der Waals surface area contributed by atoms with Gasteiger partial charge in [-0.15, -0.1) is 0 Å². The Bertz CT molecular complexity index is 441. The molecule has 0 bridgehead atoms. The van der Waals surface area contributed by atoms with Crippen LogP contribution in [0.4, 0.5) is 10.1 Å². The second-order valence-corrected chi connectivity index (χ2v) is 5.39. The highest BCUT2D eigenvalue weighted by atomic mass is 19.1. The van der Waals surface area contributed by atoms with Gasteiger partial charge < -0.3 is 11.1 Å². The summed E-state index contributed by atoms with van der Waals surface area (Å²) in [5, 5.41) is 2.82. The molecule has 1 amide bonds. The summed E-state index contributed by atoms with van der Waals surface area (Å²) in [5.41, 5.74) is 7.06. The van der Waals surface area contributed by atoms with Crippen LogP contribution in [0.5, 0.6) is 0 Å². The van der Waals surface area contributed by atoms with Crippen molar-refractivity contribution in [1.82, 2.24) is 0 Å². The van der Waals surface area contributed by atoms with Crippen LogP contribution >= 0.6 is 0 Å². The minimum Gasteiger partial charge on any atom is -0.330 e. The zero-order chi connectivity index (χ0) is 13.8. The zero-order valence-corrected chi connectivity index (χ0v) is 11.3. The van der Waals surface area contributed by atoms with E-state index in [0.717, 1.165) is 31.2 Å². The van der Waals surface area contributed by atoms with Gasteiger partial charge in [-0.05, 0) is 56.0 Å². The van der Waals surface area contributed by atoms with Gasteiger partial charge in [0.1, 0.15) is 5.82 Å². The second-order valence-electron chi connectivity index (χ2n) is 5.39. The fourth-order valence-corrected chi connectivity index (χ4v) is 2.88. The van der Waals surface area contributed by atoms with Crippen LogP contribution in [0.1, 0.15) is 31.2 Å². The lowest BCUT2D eigenvalue weighted by Gasteiger charge is -2.29. The van der Waals surface area contributed by atoms with E-state index >= 15 is 0 Å². The van der Waals surface area contributed by atoms with Gasteiger partial charge in [-0.25, -0.2) is 4.39 Å². The van der Waals surface area contributed by atoms with Crippen LogP contribution in [0, 0.1) is 24.6 Å². The lowest BCUT2D eigenvalue weighted by atomic mass is 9.78. The molecule has 2 unspecified atom stereocenters. The molecule has 1 fully saturated rings. The van der Waals surface area contributed by atoms with Crippen molar-refractivity contribution in [2.75, 3.05) is 11.9 Å². The molecule has 0 aliphatic heterocycles. The summed E-state index contributed by atoms with van der Waals surface area (Å²) in [7, 11) is 0. The largest absolute Gasteiger partial charge is 0.330 e. The van der Waals surface area contributed by atoms with E-state index in [1.807, 2.05) is 6.92 Å². The van der Waals surface area contributed by atoms with Gasteiger partial charge >= 0.3 is 0 Å². The van der Waals surface area contributed by atoms with Gasteiger partial charge in [-0.1, -0.05) is 12.8 Å². The topological polar surface area (TPSA) is 55.1 Å². The molecule has 19 heavy (non-hydrogen) atoms. The molecule has 0 radical (unpaired) electrons. The first kappa shape index (κ1) is 14.0. The van der Waals surface area contributed by atoms with Crippen LogP contribution in [0.15, 0.2) is 18.2 Å². The molecule has 0 heterocycles. The first-order valence-electron chi connectivity index (χ1n) is 6.88. The number of hydrogen-bond donors (Lipinski definition) is 2. The lowest BCUT2D eigenvalue weighted by molar-refractivity contribution is -0.122. The second kappa shape index (κ2) is 6.15. The Balaban J connectivity index is 2.07. The van der Waals surface area contributed by atoms with Crippen LogP contribution in [0.3, 0.4) is 0 Å². The zero-order valence-electron chi connectivity index (χ0n) is 11.3. The van der Waals surface area contributed by atoms with Crippen LogP contribution in [-0.4, -0.2) is 12.5 Å². The third-order valence-corrected chi connectivity index (χ3v) is 3.86. The number of carbonyl (C=O) groups excluding carboxylic acids is 1. The van der Waals surface area contributed by atoms with Crippen LogP contribution in [0.25, 0.3) is 0 Å². The molecule has 1 aliphatic rings.